The van der Waals surface area contributed by atoms with Crippen molar-refractivity contribution in [2.75, 3.05) is 18.9 Å². The van der Waals surface area contributed by atoms with Gasteiger partial charge in [-0.3, -0.25) is 4.84 Å². The van der Waals surface area contributed by atoms with Crippen molar-refractivity contribution in [3.63, 3.8) is 0 Å². The lowest BCUT2D eigenvalue weighted by molar-refractivity contribution is -0.171. The first kappa shape index (κ1) is 18.0. The number of hydroxylamine groups is 2. The molecule has 1 aliphatic rings. The monoisotopic (exact) mass is 382 g/mol. The van der Waals surface area contributed by atoms with Crippen molar-refractivity contribution in [3.05, 3.63) is 83.9 Å². The second-order valence-electron chi connectivity index (χ2n) is 6.95. The normalized spacial score (nSPS) is 22.8. The smallest absolute Gasteiger partial charge is 0.0987 e. The minimum Gasteiger partial charge on any atom is -0.382 e. The highest BCUT2D eigenvalue weighted by Crippen LogP contribution is 2.41. The predicted molar refractivity (Wildman–Crippen MR) is 108 cm³/mol. The van der Waals surface area contributed by atoms with Gasteiger partial charge in [-0.15, -0.1) is 0 Å². The summed E-state index contributed by atoms with van der Waals surface area (Å²) in [6, 6.07) is 18.3. The second-order valence-corrected chi connectivity index (χ2v) is 7.39. The number of rotatable bonds is 6. The summed E-state index contributed by atoms with van der Waals surface area (Å²) in [5.74, 6) is 0. The highest BCUT2D eigenvalue weighted by molar-refractivity contribution is 6.30. The van der Waals surface area contributed by atoms with Crippen LogP contribution in [0.4, 0.5) is 5.69 Å². The summed E-state index contributed by atoms with van der Waals surface area (Å²) in [6.07, 6.45) is 6.57. The number of nitrogens with zero attached hydrogens (tertiary/aromatic N) is 3. The molecule has 1 saturated heterocycles. The topological polar surface area (TPSA) is 42.3 Å². The zero-order valence-electron chi connectivity index (χ0n) is 15.3. The summed E-state index contributed by atoms with van der Waals surface area (Å²) in [4.78, 5) is 10.4. The van der Waals surface area contributed by atoms with E-state index < -0.39 is 0 Å². The zero-order valence-corrected chi connectivity index (χ0v) is 16.0. The Labute approximate surface area is 164 Å². The third kappa shape index (κ3) is 3.86. The third-order valence-electron chi connectivity index (χ3n) is 5.17. The molecule has 27 heavy (non-hydrogen) atoms. The van der Waals surface area contributed by atoms with E-state index in [1.165, 1.54) is 5.56 Å². The van der Waals surface area contributed by atoms with E-state index in [0.717, 1.165) is 30.2 Å². The molecule has 2 aromatic carbocycles. The van der Waals surface area contributed by atoms with Gasteiger partial charge in [-0.05, 0) is 29.8 Å². The molecule has 0 spiro atoms. The number of nitrogens with one attached hydrogen (secondary N) is 1. The molecule has 0 radical (unpaired) electrons. The van der Waals surface area contributed by atoms with Gasteiger partial charge in [0, 0.05) is 49.7 Å². The molecule has 0 amide bonds. The number of para-hydroxylation sites is 1. The molecule has 140 valence electrons. The highest BCUT2D eigenvalue weighted by atomic mass is 35.5. The number of likely N-dealkylation sites (N-methyl/N-ethyl adjacent to an activating group) is 1. The number of aromatic nitrogens is 2. The Kier molecular flexibility index (Phi) is 5.16. The van der Waals surface area contributed by atoms with E-state index in [9.17, 15) is 0 Å². The molecule has 0 bridgehead atoms. The van der Waals surface area contributed by atoms with E-state index in [4.69, 9.17) is 16.4 Å². The summed E-state index contributed by atoms with van der Waals surface area (Å²) in [6.45, 7) is 1.50. The van der Waals surface area contributed by atoms with Crippen LogP contribution in [0.1, 0.15) is 12.0 Å². The molecule has 5 nitrogen and oxygen atoms in total. The molecule has 1 fully saturated rings. The van der Waals surface area contributed by atoms with Crippen LogP contribution in [0.3, 0.4) is 0 Å². The average molecular weight is 383 g/mol. The first-order valence-electron chi connectivity index (χ1n) is 9.07. The van der Waals surface area contributed by atoms with Crippen molar-refractivity contribution in [3.8, 4) is 0 Å². The largest absolute Gasteiger partial charge is 0.382 e. The molecule has 2 unspecified atom stereocenters. The molecule has 3 aromatic rings. The molecule has 0 aliphatic carbocycles. The van der Waals surface area contributed by atoms with Crippen LogP contribution in [0, 0.1) is 0 Å². The first-order valence-corrected chi connectivity index (χ1v) is 9.45. The van der Waals surface area contributed by atoms with E-state index in [0.29, 0.717) is 0 Å². The van der Waals surface area contributed by atoms with Gasteiger partial charge in [0.05, 0.1) is 18.0 Å². The maximum atomic E-state index is 6.24. The Morgan fingerprint density at radius 1 is 1.19 bits per heavy atom. The summed E-state index contributed by atoms with van der Waals surface area (Å²) in [5.41, 5.74) is 2.00. The quantitative estimate of drug-likeness (QED) is 0.694. The van der Waals surface area contributed by atoms with Gasteiger partial charge in [0.1, 0.15) is 0 Å². The Hall–Kier alpha value is -2.34. The van der Waals surface area contributed by atoms with Gasteiger partial charge in [-0.2, -0.15) is 5.06 Å². The second kappa shape index (κ2) is 7.72. The number of hydrogen-bond donors (Lipinski definition) is 1. The van der Waals surface area contributed by atoms with Crippen molar-refractivity contribution in [2.24, 2.45) is 0 Å². The number of imidazole rings is 1. The van der Waals surface area contributed by atoms with Gasteiger partial charge >= 0.3 is 0 Å². The van der Waals surface area contributed by atoms with Gasteiger partial charge < -0.3 is 9.88 Å². The maximum absolute atomic E-state index is 6.24. The summed E-state index contributed by atoms with van der Waals surface area (Å²) in [7, 11) is 2.01. The molecule has 2 heterocycles. The molecule has 1 aliphatic heterocycles. The minimum absolute atomic E-state index is 0.0643. The lowest BCUT2D eigenvalue weighted by atomic mass is 9.85. The van der Waals surface area contributed by atoms with Crippen LogP contribution in [0.25, 0.3) is 0 Å². The van der Waals surface area contributed by atoms with E-state index in [2.05, 4.69) is 39.1 Å². The fourth-order valence-electron chi connectivity index (χ4n) is 3.76. The standard InChI is InChI=1S/C21H23ClN4O/c1-25-21(15-26-12-11-23-16-26,17-7-9-18(22)10-8-17)13-20(27-25)14-24-19-5-3-2-4-6-19/h2-12,16,20,24H,13-15H2,1H3. The van der Waals surface area contributed by atoms with Crippen molar-refractivity contribution in [1.29, 1.82) is 0 Å². The lowest BCUT2D eigenvalue weighted by Gasteiger charge is -2.35. The van der Waals surface area contributed by atoms with Crippen molar-refractivity contribution in [2.45, 2.75) is 24.6 Å². The number of halogens is 1. The van der Waals surface area contributed by atoms with Crippen LogP contribution < -0.4 is 5.32 Å². The average Bonchev–Trinajstić information content (AvgIpc) is 3.30. The Morgan fingerprint density at radius 2 is 1.96 bits per heavy atom. The fourth-order valence-corrected chi connectivity index (χ4v) is 3.89. The summed E-state index contributed by atoms with van der Waals surface area (Å²) < 4.78 is 2.10. The fraction of sp³-hybridized carbons (Fsp3) is 0.286. The minimum atomic E-state index is -0.283. The van der Waals surface area contributed by atoms with Crippen molar-refractivity contribution >= 4 is 17.3 Å². The summed E-state index contributed by atoms with van der Waals surface area (Å²) in [5, 5.41) is 6.20. The van der Waals surface area contributed by atoms with Crippen molar-refractivity contribution < 1.29 is 4.84 Å². The van der Waals surface area contributed by atoms with Crippen LogP contribution in [-0.4, -0.2) is 34.3 Å². The van der Waals surface area contributed by atoms with Gasteiger partial charge in [0.2, 0.25) is 0 Å². The van der Waals surface area contributed by atoms with Crippen LogP contribution in [0.15, 0.2) is 73.3 Å². The SMILES string of the molecule is CN1OC(CNc2ccccc2)CC1(Cn1ccnc1)c1ccc(Cl)cc1. The predicted octanol–water partition coefficient (Wildman–Crippen LogP) is 4.18. The van der Waals surface area contributed by atoms with Gasteiger partial charge in [0.25, 0.3) is 0 Å². The number of hydrogen-bond acceptors (Lipinski definition) is 4. The van der Waals surface area contributed by atoms with Crippen molar-refractivity contribution in [1.82, 2.24) is 14.6 Å². The molecule has 4 rings (SSSR count). The maximum Gasteiger partial charge on any atom is 0.0987 e. The zero-order chi connectivity index (χ0) is 18.7. The molecule has 6 heteroatoms. The summed E-state index contributed by atoms with van der Waals surface area (Å²) >= 11 is 6.12. The van der Waals surface area contributed by atoms with E-state index in [1.54, 1.807) is 6.20 Å². The molecular weight excluding hydrogens is 360 g/mol. The van der Waals surface area contributed by atoms with Crippen LogP contribution in [0.2, 0.25) is 5.02 Å². The van der Waals surface area contributed by atoms with Crippen LogP contribution in [0.5, 0.6) is 0 Å². The molecule has 1 N–H and O–H groups in total. The van der Waals surface area contributed by atoms with E-state index in [-0.39, 0.29) is 11.6 Å². The van der Waals surface area contributed by atoms with E-state index >= 15 is 0 Å². The third-order valence-corrected chi connectivity index (χ3v) is 5.42. The molecular formula is C21H23ClN4O. The molecule has 0 saturated carbocycles. The lowest BCUT2D eigenvalue weighted by Crippen LogP contribution is -2.41. The van der Waals surface area contributed by atoms with Crippen LogP contribution in [-0.2, 0) is 16.9 Å². The van der Waals surface area contributed by atoms with Gasteiger partial charge in [-0.1, -0.05) is 41.9 Å². The van der Waals surface area contributed by atoms with Gasteiger partial charge in [0.15, 0.2) is 0 Å². The van der Waals surface area contributed by atoms with E-state index in [1.807, 2.05) is 55.0 Å². The molecule has 1 aromatic heterocycles. The first-order chi connectivity index (χ1) is 13.2. The molecule has 2 atom stereocenters. The van der Waals surface area contributed by atoms with Crippen LogP contribution >= 0.6 is 11.6 Å². The van der Waals surface area contributed by atoms with Gasteiger partial charge in [-0.25, -0.2) is 4.98 Å². The Bertz CT molecular complexity index is 854. The Balaban J connectivity index is 1.57. The highest BCUT2D eigenvalue weighted by Gasteiger charge is 2.46. The Morgan fingerprint density at radius 3 is 2.67 bits per heavy atom. The number of anilines is 1. The number of benzene rings is 2.